The third-order valence-corrected chi connectivity index (χ3v) is 28.9. The molecule has 16 atom stereocenters. The van der Waals surface area contributed by atoms with Crippen LogP contribution in [0.4, 0.5) is 36.7 Å². The molecule has 22 nitrogen and oxygen atoms in total. The van der Waals surface area contributed by atoms with Crippen molar-refractivity contribution in [2.24, 2.45) is 47.3 Å². The lowest BCUT2D eigenvalue weighted by Gasteiger charge is -2.43. The Hall–Kier alpha value is -14.3. The molecule has 0 saturated heterocycles. The van der Waals surface area contributed by atoms with Crippen LogP contribution in [0.15, 0.2) is 256 Å². The van der Waals surface area contributed by atoms with Gasteiger partial charge in [-0.2, -0.15) is 10.2 Å². The summed E-state index contributed by atoms with van der Waals surface area (Å²) in [7, 11) is 0. The number of allylic oxidation sites excluding steroid dienone is 4. The highest BCUT2D eigenvalue weighted by Crippen LogP contribution is 2.52. The number of alkyl carbamates (subject to hydrolysis) is 4. The van der Waals surface area contributed by atoms with E-state index in [1.807, 2.05) is 131 Å². The van der Waals surface area contributed by atoms with Crippen molar-refractivity contribution >= 4 is 48.7 Å². The number of benzene rings is 4. The number of hydrogen-bond donors (Lipinski definition) is 4. The molecule has 0 aliphatic heterocycles. The van der Waals surface area contributed by atoms with Crippen LogP contribution in [-0.2, 0) is 44.6 Å². The van der Waals surface area contributed by atoms with Gasteiger partial charge in [-0.1, -0.05) is 103 Å². The van der Waals surface area contributed by atoms with Crippen molar-refractivity contribution in [3.63, 3.8) is 0 Å². The molecule has 4 aromatic carbocycles. The maximum absolute atomic E-state index is 13.6. The molecule has 0 spiro atoms. The van der Waals surface area contributed by atoms with Crippen LogP contribution < -0.4 is 21.3 Å². The predicted octanol–water partition coefficient (Wildman–Crippen LogP) is 23.5. The number of amides is 4. The molecular formula is C114H118F4N14O8. The molecule has 0 unspecified atom stereocenters. The predicted molar refractivity (Wildman–Crippen MR) is 532 cm³/mol. The first-order chi connectivity index (χ1) is 68.4. The average Bonchev–Trinajstić information content (AvgIpc) is 0.780. The van der Waals surface area contributed by atoms with Crippen LogP contribution in [-0.4, -0.2) is 125 Å². The third kappa shape index (κ3) is 24.9. The smallest absolute Gasteiger partial charge is 0.407 e. The van der Waals surface area contributed by atoms with Gasteiger partial charge >= 0.3 is 24.4 Å². The van der Waals surface area contributed by atoms with E-state index >= 15 is 0 Å². The van der Waals surface area contributed by atoms with E-state index in [0.29, 0.717) is 73.8 Å². The normalized spacial score (nSPS) is 23.4. The quantitative estimate of drug-likeness (QED) is 0.0407. The van der Waals surface area contributed by atoms with Gasteiger partial charge in [-0.25, -0.2) is 46.7 Å². The summed E-state index contributed by atoms with van der Waals surface area (Å²) in [6.45, 7) is 8.79. The first-order valence-corrected chi connectivity index (χ1v) is 49.2. The molecular weight excluding hydrogens is 1770 g/mol. The van der Waals surface area contributed by atoms with Gasteiger partial charge in [-0.15, -0.1) is 0 Å². The summed E-state index contributed by atoms with van der Waals surface area (Å²) < 4.78 is 74.6. The van der Waals surface area contributed by atoms with Gasteiger partial charge in [0.2, 0.25) is 0 Å². The van der Waals surface area contributed by atoms with Crippen molar-refractivity contribution in [2.75, 3.05) is 26.4 Å². The summed E-state index contributed by atoms with van der Waals surface area (Å²) in [5.74, 6) is 3.55. The lowest BCUT2D eigenvalue weighted by Crippen LogP contribution is -2.44. The van der Waals surface area contributed by atoms with E-state index in [4.69, 9.17) is 23.9 Å². The van der Waals surface area contributed by atoms with Gasteiger partial charge < -0.3 is 40.2 Å². The minimum absolute atomic E-state index is 0.121. The molecule has 8 aromatic heterocycles. The van der Waals surface area contributed by atoms with Gasteiger partial charge in [0.1, 0.15) is 29.6 Å². The average molecular weight is 1890 g/mol. The molecule has 4 N–H and O–H groups in total. The highest BCUT2D eigenvalue weighted by molar-refractivity contribution is 5.71. The molecule has 140 heavy (non-hydrogen) atoms. The number of rotatable bonds is 20. The van der Waals surface area contributed by atoms with Crippen molar-refractivity contribution in [1.29, 1.82) is 0 Å². The monoisotopic (exact) mass is 1890 g/mol. The van der Waals surface area contributed by atoms with Gasteiger partial charge in [-0.05, 0) is 343 Å². The number of carbonyl (C=O) groups excluding carboxylic acids is 4. The van der Waals surface area contributed by atoms with Crippen molar-refractivity contribution in [3.8, 4) is 44.5 Å². The first kappa shape index (κ1) is 97.3. The minimum atomic E-state index is -0.337. The van der Waals surface area contributed by atoms with Crippen LogP contribution in [0, 0.1) is 70.6 Å². The number of hydrogen-bond acceptors (Lipinski definition) is 18. The lowest BCUT2D eigenvalue weighted by atomic mass is 9.62. The van der Waals surface area contributed by atoms with E-state index in [2.05, 4.69) is 133 Å². The van der Waals surface area contributed by atoms with Crippen LogP contribution in [0.3, 0.4) is 0 Å². The second-order valence-electron chi connectivity index (χ2n) is 37.5. The summed E-state index contributed by atoms with van der Waals surface area (Å²) in [6.07, 6.45) is 49.5. The Morgan fingerprint density at radius 3 is 1.09 bits per heavy atom. The molecule has 8 heterocycles. The van der Waals surface area contributed by atoms with Gasteiger partial charge in [0.25, 0.3) is 0 Å². The number of nitrogens with zero attached hydrogens (tertiary/aromatic N) is 10. The van der Waals surface area contributed by atoms with E-state index in [1.165, 1.54) is 76.3 Å². The molecule has 4 saturated carbocycles. The zero-order valence-corrected chi connectivity index (χ0v) is 79.2. The molecule has 12 aromatic rings. The van der Waals surface area contributed by atoms with Crippen LogP contribution in [0.5, 0.6) is 0 Å². The maximum atomic E-state index is 13.6. The Balaban J connectivity index is 0.000000129. The first-order valence-electron chi connectivity index (χ1n) is 49.2. The lowest BCUT2D eigenvalue weighted by molar-refractivity contribution is 0.127. The molecule has 0 radical (unpaired) electrons. The van der Waals surface area contributed by atoms with E-state index < -0.39 is 0 Å². The van der Waals surface area contributed by atoms with Crippen molar-refractivity contribution in [2.45, 2.75) is 178 Å². The second kappa shape index (κ2) is 46.9. The summed E-state index contributed by atoms with van der Waals surface area (Å²) in [5.41, 5.74) is 19.8. The summed E-state index contributed by atoms with van der Waals surface area (Å²) >= 11 is 0. The van der Waals surface area contributed by atoms with Crippen molar-refractivity contribution < 1.29 is 55.7 Å². The standard InChI is InChI=1S/2C29H30FN3O2.2C28H29FN4O2/c1-2-35-29(34)33-25-11-12-26-22(17-25)15-20-6-4-14-31-28(20)27(26)13-10-24-9-8-21(18-32-24)19-5-3-7-23(30)16-19;1-2-35-29(34)33-25-9-10-26-22(16-25)14-20-12-13-31-18-28(20)27(26)11-8-24-7-6-21(17-32-24)19-4-3-5-23(30)15-19;1-2-35-28(34)33-23-9-10-24-20(13-23)14-27-26(16-30-17-32-27)25(24)11-8-22-7-6-19(15-31-22)18-4-3-5-21(29)12-18;1-2-35-28(34)32-23-9-10-24-20(15-23)16-27-26(12-13-31-33-27)25(24)11-8-22-7-6-19(17-30-22)18-4-3-5-21(29)14-18/h3-10,13-14,16,18,22,25-27H,2,11-12,15,17H2,1H3,(H,33,34);3-8,11-13,15,17-18,22,25-27H,2,9-10,14,16H2,1H3,(H,33,34);3-8,11-12,15-17,20,23-25H,2,9-10,13-14H2,1H3,(H,33,34);3-8,11-14,17,20,23-25H,2,9-10,15-16H2,1H3,(H,32,34)/b13-10+;3*11-8+/t2*22-,25-,26-,27+;2*20-,23+,24+,25-/m1100/s1. The van der Waals surface area contributed by atoms with Gasteiger partial charge in [-0.3, -0.25) is 29.9 Å². The molecule has 0 bridgehead atoms. The van der Waals surface area contributed by atoms with Gasteiger partial charge in [0.15, 0.2) is 0 Å². The second-order valence-corrected chi connectivity index (χ2v) is 37.5. The number of ether oxygens (including phenoxy) is 4. The van der Waals surface area contributed by atoms with Crippen LogP contribution in [0.25, 0.3) is 68.8 Å². The van der Waals surface area contributed by atoms with E-state index in [9.17, 15) is 36.7 Å². The Morgan fingerprint density at radius 1 is 0.329 bits per heavy atom. The highest BCUT2D eigenvalue weighted by Gasteiger charge is 2.45. The Morgan fingerprint density at radius 2 is 0.693 bits per heavy atom. The number of nitrogens with one attached hydrogen (secondary N) is 4. The zero-order chi connectivity index (χ0) is 96.8. The van der Waals surface area contributed by atoms with E-state index in [1.54, 1.807) is 61.6 Å². The van der Waals surface area contributed by atoms with Gasteiger partial charge in [0, 0.05) is 132 Å². The maximum Gasteiger partial charge on any atom is 0.407 e. The molecule has 26 heteroatoms. The fraction of sp³-hybridized carbons (Fsp3) is 0.351. The van der Waals surface area contributed by atoms with E-state index in [0.717, 1.165) is 187 Å². The van der Waals surface area contributed by atoms with Crippen molar-refractivity contribution in [1.82, 2.24) is 71.3 Å². The molecule has 4 amide bonds. The Labute approximate surface area is 814 Å². The molecule has 720 valence electrons. The molecule has 8 aliphatic rings. The van der Waals surface area contributed by atoms with Crippen molar-refractivity contribution in [3.05, 3.63) is 347 Å². The summed E-state index contributed by atoms with van der Waals surface area (Å²) in [6, 6.07) is 50.9. The van der Waals surface area contributed by atoms with Gasteiger partial charge in [0.05, 0.1) is 60.6 Å². The molecule has 20 rings (SSSR count). The van der Waals surface area contributed by atoms with E-state index in [-0.39, 0.29) is 95.5 Å². The minimum Gasteiger partial charge on any atom is -0.450 e. The van der Waals surface area contributed by atoms with Crippen LogP contribution >= 0.6 is 0 Å². The Bertz CT molecular complexity index is 5610. The Kier molecular flexibility index (Phi) is 32.6. The largest absolute Gasteiger partial charge is 0.450 e. The SMILES string of the molecule is CCOC(=O)N[C@@H]1CC[C@@H]2[C@H](Cc3cccnc3[C@H]2/C=C/c2ccc(-c3cccc(F)c3)cn2)C1.CCOC(=O)N[C@@H]1CC[C@@H]2[C@H](Cc3ccncc3[C@H]2/C=C/c2ccc(-c3cccc(F)c3)cn2)C1.CCOC(=O)N[C@@H]1CC[C@@H]2[C@H](Cc3ncncc3[C@H]2/C=C/c2ccc(-c3cccc(F)c3)cn2)C1.CCOC(=O)N[C@@H]1CC[C@@H]2[C@H](Cc3nnccc3[C@H]2/C=C/c2ccc(-c3cccc(F)c3)cn2)C1. The molecule has 4 fully saturated rings. The summed E-state index contributed by atoms with van der Waals surface area (Å²) in [4.78, 5) is 84.2. The highest BCUT2D eigenvalue weighted by atomic mass is 19.1. The fourth-order valence-corrected chi connectivity index (χ4v) is 22.5. The number of halogens is 4. The van der Waals surface area contributed by atoms with Crippen LogP contribution in [0.1, 0.15) is 196 Å². The zero-order valence-electron chi connectivity index (χ0n) is 79.2. The molecule has 8 aliphatic carbocycles. The number of pyridine rings is 6. The number of fused-ring (bicyclic) bond motifs is 8. The van der Waals surface area contributed by atoms with Crippen LogP contribution in [0.2, 0.25) is 0 Å². The third-order valence-electron chi connectivity index (χ3n) is 28.9. The number of carbonyl (C=O) groups is 4. The summed E-state index contributed by atoms with van der Waals surface area (Å²) in [5, 5.41) is 20.7. The topological polar surface area (TPSA) is 282 Å². The fourth-order valence-electron chi connectivity index (χ4n) is 22.5. The number of aromatic nitrogens is 10.